The number of aromatic nitrogens is 1. The van der Waals surface area contributed by atoms with E-state index in [4.69, 9.17) is 4.42 Å². The summed E-state index contributed by atoms with van der Waals surface area (Å²) in [5, 5.41) is 4.95. The smallest absolute Gasteiger partial charge is 0.255 e. The predicted octanol–water partition coefficient (Wildman–Crippen LogP) is 6.04. The van der Waals surface area contributed by atoms with Crippen molar-refractivity contribution in [3.8, 4) is 11.5 Å². The number of nitrogens with zero attached hydrogens (tertiary/aromatic N) is 1. The molecule has 1 heterocycles. The molecule has 0 atom stereocenters. The maximum Gasteiger partial charge on any atom is 0.255 e. The summed E-state index contributed by atoms with van der Waals surface area (Å²) in [6.07, 6.45) is 0. The number of hydrogen-bond donors (Lipinski definition) is 1. The molecule has 5 rings (SSSR count). The summed E-state index contributed by atoms with van der Waals surface area (Å²) in [5.41, 5.74) is 3.24. The van der Waals surface area contributed by atoms with Crippen LogP contribution >= 0.6 is 0 Å². The minimum atomic E-state index is -0.382. The van der Waals surface area contributed by atoms with E-state index < -0.39 is 0 Å². The van der Waals surface area contributed by atoms with Crippen LogP contribution < -0.4 is 5.32 Å². The minimum absolute atomic E-state index is 0.314. The third-order valence-electron chi connectivity index (χ3n) is 4.76. The van der Waals surface area contributed by atoms with Crippen molar-refractivity contribution in [3.63, 3.8) is 0 Å². The molecule has 5 aromatic rings. The molecule has 0 aliphatic rings. The first-order valence-corrected chi connectivity index (χ1v) is 9.13. The molecule has 4 nitrogen and oxygen atoms in total. The molecule has 0 spiro atoms. The van der Waals surface area contributed by atoms with Crippen molar-refractivity contribution in [2.24, 2.45) is 0 Å². The van der Waals surface area contributed by atoms with Crippen LogP contribution in [0.5, 0.6) is 0 Å². The van der Waals surface area contributed by atoms with E-state index in [1.807, 2.05) is 48.5 Å². The van der Waals surface area contributed by atoms with E-state index in [0.717, 1.165) is 21.9 Å². The Labute approximate surface area is 165 Å². The number of rotatable bonds is 3. The van der Waals surface area contributed by atoms with Crippen molar-refractivity contribution in [1.29, 1.82) is 0 Å². The number of anilines is 1. The highest BCUT2D eigenvalue weighted by molar-refractivity contribution is 6.05. The number of hydrogen-bond acceptors (Lipinski definition) is 3. The molecule has 5 heteroatoms. The summed E-state index contributed by atoms with van der Waals surface area (Å²) in [4.78, 5) is 17.1. The highest BCUT2D eigenvalue weighted by Crippen LogP contribution is 2.30. The van der Waals surface area contributed by atoms with Crippen LogP contribution in [0.25, 0.3) is 33.3 Å². The first kappa shape index (κ1) is 17.1. The van der Waals surface area contributed by atoms with Gasteiger partial charge < -0.3 is 9.73 Å². The van der Waals surface area contributed by atoms with Crippen LogP contribution in [0.1, 0.15) is 10.4 Å². The van der Waals surface area contributed by atoms with E-state index in [1.54, 1.807) is 12.1 Å². The second-order valence-corrected chi connectivity index (χ2v) is 6.69. The number of oxazole rings is 1. The van der Waals surface area contributed by atoms with E-state index >= 15 is 0 Å². The SMILES string of the molecule is O=C(Nc1cccc(-c2nc3c(ccc4ccccc43)o2)c1)c1ccc(F)cc1. The van der Waals surface area contributed by atoms with Gasteiger partial charge in [0.1, 0.15) is 11.3 Å². The second kappa shape index (κ2) is 6.87. The highest BCUT2D eigenvalue weighted by Gasteiger charge is 2.12. The fourth-order valence-corrected chi connectivity index (χ4v) is 3.32. The quantitative estimate of drug-likeness (QED) is 0.414. The summed E-state index contributed by atoms with van der Waals surface area (Å²) in [5.74, 6) is -0.216. The van der Waals surface area contributed by atoms with Crippen molar-refractivity contribution in [1.82, 2.24) is 4.98 Å². The standard InChI is InChI=1S/C24H15FN2O2/c25-18-11-8-16(9-12-18)23(28)26-19-6-3-5-17(14-19)24-27-22-20-7-2-1-4-15(20)10-13-21(22)29-24/h1-14H,(H,26,28). The summed E-state index contributed by atoms with van der Waals surface area (Å²) < 4.78 is 19.0. The molecule has 4 aromatic carbocycles. The van der Waals surface area contributed by atoms with Gasteiger partial charge in [0.15, 0.2) is 5.58 Å². The van der Waals surface area contributed by atoms with Crippen LogP contribution in [0, 0.1) is 5.82 Å². The number of fused-ring (bicyclic) bond motifs is 3. The Morgan fingerprint density at radius 1 is 0.897 bits per heavy atom. The summed E-state index contributed by atoms with van der Waals surface area (Å²) in [7, 11) is 0. The molecule has 0 aliphatic carbocycles. The molecule has 0 aliphatic heterocycles. The lowest BCUT2D eigenvalue weighted by molar-refractivity contribution is 0.102. The van der Waals surface area contributed by atoms with Crippen molar-refractivity contribution in [3.05, 3.63) is 96.3 Å². The van der Waals surface area contributed by atoms with Crippen molar-refractivity contribution < 1.29 is 13.6 Å². The molecule has 0 radical (unpaired) electrons. The van der Waals surface area contributed by atoms with Gasteiger partial charge in [-0.15, -0.1) is 0 Å². The van der Waals surface area contributed by atoms with Gasteiger partial charge in [-0.2, -0.15) is 0 Å². The molecule has 0 saturated carbocycles. The third-order valence-corrected chi connectivity index (χ3v) is 4.76. The monoisotopic (exact) mass is 382 g/mol. The Hall–Kier alpha value is -3.99. The maximum absolute atomic E-state index is 13.1. The number of carbonyl (C=O) groups is 1. The number of amides is 1. The maximum atomic E-state index is 13.1. The average Bonchev–Trinajstić information content (AvgIpc) is 3.19. The topological polar surface area (TPSA) is 55.1 Å². The molecular weight excluding hydrogens is 367 g/mol. The number of nitrogens with one attached hydrogen (secondary N) is 1. The summed E-state index contributed by atoms with van der Waals surface area (Å²) >= 11 is 0. The van der Waals surface area contributed by atoms with E-state index in [2.05, 4.69) is 10.3 Å². The van der Waals surface area contributed by atoms with Crippen LogP contribution in [0.4, 0.5) is 10.1 Å². The predicted molar refractivity (Wildman–Crippen MR) is 111 cm³/mol. The van der Waals surface area contributed by atoms with Gasteiger partial charge >= 0.3 is 0 Å². The van der Waals surface area contributed by atoms with Gasteiger partial charge in [0.05, 0.1) is 0 Å². The summed E-state index contributed by atoms with van der Waals surface area (Å²) in [6.45, 7) is 0. The van der Waals surface area contributed by atoms with Gasteiger partial charge in [-0.3, -0.25) is 4.79 Å². The molecular formula is C24H15FN2O2. The van der Waals surface area contributed by atoms with E-state index in [9.17, 15) is 9.18 Å². The van der Waals surface area contributed by atoms with E-state index in [-0.39, 0.29) is 11.7 Å². The lowest BCUT2D eigenvalue weighted by atomic mass is 10.1. The van der Waals surface area contributed by atoms with Crippen molar-refractivity contribution >= 4 is 33.5 Å². The molecule has 1 amide bonds. The van der Waals surface area contributed by atoms with Gasteiger partial charge in [0.2, 0.25) is 5.89 Å². The zero-order valence-corrected chi connectivity index (χ0v) is 15.2. The first-order chi connectivity index (χ1) is 14.2. The Morgan fingerprint density at radius 2 is 1.72 bits per heavy atom. The lowest BCUT2D eigenvalue weighted by Gasteiger charge is -2.06. The largest absolute Gasteiger partial charge is 0.436 e. The Balaban J connectivity index is 1.48. The Morgan fingerprint density at radius 3 is 2.59 bits per heavy atom. The minimum Gasteiger partial charge on any atom is -0.436 e. The molecule has 0 unspecified atom stereocenters. The van der Waals surface area contributed by atoms with Crippen molar-refractivity contribution in [2.75, 3.05) is 5.32 Å². The zero-order chi connectivity index (χ0) is 19.8. The van der Waals surface area contributed by atoms with Gasteiger partial charge in [-0.05, 0) is 53.9 Å². The lowest BCUT2D eigenvalue weighted by Crippen LogP contribution is -2.11. The molecule has 0 saturated heterocycles. The fourth-order valence-electron chi connectivity index (χ4n) is 3.32. The molecule has 29 heavy (non-hydrogen) atoms. The summed E-state index contributed by atoms with van der Waals surface area (Å²) in [6, 6.07) is 24.6. The fraction of sp³-hybridized carbons (Fsp3) is 0. The number of benzene rings is 4. The van der Waals surface area contributed by atoms with Gasteiger partial charge in [0, 0.05) is 22.2 Å². The van der Waals surface area contributed by atoms with E-state index in [1.165, 1.54) is 24.3 Å². The molecule has 140 valence electrons. The molecule has 1 aromatic heterocycles. The Kier molecular flexibility index (Phi) is 4.06. The van der Waals surface area contributed by atoms with Gasteiger partial charge in [-0.25, -0.2) is 9.37 Å². The van der Waals surface area contributed by atoms with Crippen molar-refractivity contribution in [2.45, 2.75) is 0 Å². The van der Waals surface area contributed by atoms with Gasteiger partial charge in [0.25, 0.3) is 5.91 Å². The van der Waals surface area contributed by atoms with Crippen LogP contribution in [-0.2, 0) is 0 Å². The number of halogens is 1. The normalized spacial score (nSPS) is 11.1. The molecule has 1 N–H and O–H groups in total. The van der Waals surface area contributed by atoms with Gasteiger partial charge in [-0.1, -0.05) is 36.4 Å². The average molecular weight is 382 g/mol. The second-order valence-electron chi connectivity index (χ2n) is 6.69. The number of carbonyl (C=O) groups excluding carboxylic acids is 1. The first-order valence-electron chi connectivity index (χ1n) is 9.13. The van der Waals surface area contributed by atoms with Crippen LogP contribution in [0.15, 0.2) is 89.3 Å². The van der Waals surface area contributed by atoms with Crippen LogP contribution in [0.3, 0.4) is 0 Å². The zero-order valence-electron chi connectivity index (χ0n) is 15.2. The molecule has 0 fully saturated rings. The van der Waals surface area contributed by atoms with Crippen LogP contribution in [0.2, 0.25) is 0 Å². The molecule has 0 bridgehead atoms. The highest BCUT2D eigenvalue weighted by atomic mass is 19.1. The Bertz CT molecular complexity index is 1360. The van der Waals surface area contributed by atoms with E-state index in [0.29, 0.717) is 22.7 Å². The van der Waals surface area contributed by atoms with Crippen LogP contribution in [-0.4, -0.2) is 10.9 Å². The third kappa shape index (κ3) is 3.23.